The molecule has 1 saturated heterocycles. The molecule has 1 aromatic carbocycles. The lowest BCUT2D eigenvalue weighted by atomic mass is 10.1. The Kier molecular flexibility index (Phi) is 4.95. The Morgan fingerprint density at radius 2 is 2.13 bits per heavy atom. The quantitative estimate of drug-likeness (QED) is 0.899. The average molecular weight is 352 g/mol. The minimum atomic E-state index is -0.0375. The van der Waals surface area contributed by atoms with E-state index in [1.54, 1.807) is 18.2 Å². The summed E-state index contributed by atoms with van der Waals surface area (Å²) in [7, 11) is 2.04. The molecule has 0 saturated carbocycles. The zero-order chi connectivity index (χ0) is 16.4. The second-order valence-corrected chi connectivity index (χ2v) is 6.66. The first-order chi connectivity index (χ1) is 11.0. The van der Waals surface area contributed by atoms with E-state index >= 15 is 0 Å². The van der Waals surface area contributed by atoms with Crippen molar-refractivity contribution in [1.82, 2.24) is 9.47 Å². The topological polar surface area (TPSA) is 37.3 Å². The van der Waals surface area contributed by atoms with E-state index in [1.165, 1.54) is 5.69 Å². The molecular weight excluding hydrogens is 333 g/mol. The number of aryl methyl sites for hydroxylation is 1. The number of halogens is 2. The predicted molar refractivity (Wildman–Crippen MR) is 94.1 cm³/mol. The van der Waals surface area contributed by atoms with Crippen LogP contribution in [0.15, 0.2) is 36.5 Å². The van der Waals surface area contributed by atoms with Crippen LogP contribution in [0.25, 0.3) is 0 Å². The van der Waals surface area contributed by atoms with E-state index < -0.39 is 0 Å². The summed E-state index contributed by atoms with van der Waals surface area (Å²) in [4.78, 5) is 14.6. The van der Waals surface area contributed by atoms with E-state index in [0.717, 1.165) is 19.4 Å². The number of nitrogens with one attached hydrogen (secondary N) is 1. The number of anilines is 1. The number of amides is 1. The molecule has 1 aliphatic rings. The first-order valence-electron chi connectivity index (χ1n) is 7.65. The standard InChI is InChI=1S/C17H19Cl2N3O/c1-21-8-2-4-15(21)16-5-3-9-22(16)11-17(23)20-12-6-7-13(18)14(19)10-12/h2,4,6-8,10,16H,3,5,9,11H2,1H3,(H,20,23)/t16-/m1/s1. The van der Waals surface area contributed by atoms with Crippen LogP contribution in [0.3, 0.4) is 0 Å². The zero-order valence-corrected chi connectivity index (χ0v) is 14.4. The normalized spacial score (nSPS) is 18.3. The number of aromatic nitrogens is 1. The maximum absolute atomic E-state index is 12.3. The molecule has 0 unspecified atom stereocenters. The SMILES string of the molecule is Cn1cccc1[C@H]1CCCN1CC(=O)Nc1ccc(Cl)c(Cl)c1. The third kappa shape index (κ3) is 3.71. The molecule has 1 aromatic heterocycles. The van der Waals surface area contributed by atoms with Crippen LogP contribution >= 0.6 is 23.2 Å². The minimum Gasteiger partial charge on any atom is -0.353 e. The van der Waals surface area contributed by atoms with Crippen LogP contribution in [-0.4, -0.2) is 28.5 Å². The summed E-state index contributed by atoms with van der Waals surface area (Å²) in [6.07, 6.45) is 4.23. The van der Waals surface area contributed by atoms with Crippen molar-refractivity contribution in [3.63, 3.8) is 0 Å². The molecular formula is C17H19Cl2N3O. The molecule has 122 valence electrons. The monoisotopic (exact) mass is 351 g/mol. The Hall–Kier alpha value is -1.49. The molecule has 23 heavy (non-hydrogen) atoms. The summed E-state index contributed by atoms with van der Waals surface area (Å²) in [5.74, 6) is -0.0375. The lowest BCUT2D eigenvalue weighted by Crippen LogP contribution is -2.33. The number of benzene rings is 1. The fraction of sp³-hybridized carbons (Fsp3) is 0.353. The highest BCUT2D eigenvalue weighted by atomic mass is 35.5. The number of hydrogen-bond acceptors (Lipinski definition) is 2. The molecule has 3 rings (SSSR count). The van der Waals surface area contributed by atoms with Gasteiger partial charge in [-0.1, -0.05) is 23.2 Å². The Balaban J connectivity index is 1.65. The minimum absolute atomic E-state index is 0.0375. The maximum atomic E-state index is 12.3. The fourth-order valence-electron chi connectivity index (χ4n) is 3.13. The van der Waals surface area contributed by atoms with Crippen molar-refractivity contribution in [2.75, 3.05) is 18.4 Å². The van der Waals surface area contributed by atoms with Gasteiger partial charge in [-0.3, -0.25) is 9.69 Å². The van der Waals surface area contributed by atoms with Gasteiger partial charge in [0.1, 0.15) is 0 Å². The Morgan fingerprint density at radius 1 is 1.30 bits per heavy atom. The number of nitrogens with zero attached hydrogens (tertiary/aromatic N) is 2. The highest BCUT2D eigenvalue weighted by molar-refractivity contribution is 6.42. The fourth-order valence-corrected chi connectivity index (χ4v) is 3.43. The van der Waals surface area contributed by atoms with Crippen molar-refractivity contribution in [1.29, 1.82) is 0 Å². The maximum Gasteiger partial charge on any atom is 0.238 e. The molecule has 6 heteroatoms. The summed E-state index contributed by atoms with van der Waals surface area (Å²) >= 11 is 11.9. The third-order valence-corrected chi connectivity index (χ3v) is 4.98. The smallest absolute Gasteiger partial charge is 0.238 e. The summed E-state index contributed by atoms with van der Waals surface area (Å²) < 4.78 is 2.12. The van der Waals surface area contributed by atoms with Crippen LogP contribution < -0.4 is 5.32 Å². The van der Waals surface area contributed by atoms with Crippen LogP contribution in [-0.2, 0) is 11.8 Å². The number of carbonyl (C=O) groups is 1. The largest absolute Gasteiger partial charge is 0.353 e. The summed E-state index contributed by atoms with van der Waals surface area (Å²) in [5.41, 5.74) is 1.92. The van der Waals surface area contributed by atoms with Crippen LogP contribution in [0.4, 0.5) is 5.69 Å². The van der Waals surface area contributed by atoms with Gasteiger partial charge in [-0.15, -0.1) is 0 Å². The first-order valence-corrected chi connectivity index (χ1v) is 8.40. The van der Waals surface area contributed by atoms with Gasteiger partial charge in [0, 0.05) is 24.6 Å². The van der Waals surface area contributed by atoms with Crippen molar-refractivity contribution >= 4 is 34.8 Å². The molecule has 1 amide bonds. The lowest BCUT2D eigenvalue weighted by molar-refractivity contribution is -0.117. The molecule has 1 fully saturated rings. The molecule has 4 nitrogen and oxygen atoms in total. The molecule has 0 aliphatic carbocycles. The summed E-state index contributed by atoms with van der Waals surface area (Å²) in [6.45, 7) is 1.31. The van der Waals surface area contributed by atoms with Crippen molar-refractivity contribution in [3.05, 3.63) is 52.3 Å². The van der Waals surface area contributed by atoms with Crippen LogP contribution in [0, 0.1) is 0 Å². The van der Waals surface area contributed by atoms with Crippen LogP contribution in [0.5, 0.6) is 0 Å². The predicted octanol–water partition coefficient (Wildman–Crippen LogP) is 4.11. The van der Waals surface area contributed by atoms with E-state index in [0.29, 0.717) is 28.3 Å². The van der Waals surface area contributed by atoms with Gasteiger partial charge in [0.2, 0.25) is 5.91 Å². The highest BCUT2D eigenvalue weighted by Gasteiger charge is 2.28. The molecule has 1 N–H and O–H groups in total. The molecule has 1 aliphatic heterocycles. The van der Waals surface area contributed by atoms with Gasteiger partial charge in [-0.05, 0) is 49.7 Å². The molecule has 0 spiro atoms. The van der Waals surface area contributed by atoms with E-state index in [2.05, 4.69) is 20.9 Å². The van der Waals surface area contributed by atoms with Crippen LogP contribution in [0.1, 0.15) is 24.6 Å². The first kappa shape index (κ1) is 16.4. The van der Waals surface area contributed by atoms with Gasteiger partial charge in [0.15, 0.2) is 0 Å². The van der Waals surface area contributed by atoms with E-state index in [1.807, 2.05) is 19.3 Å². The Labute approximate surface area is 146 Å². The van der Waals surface area contributed by atoms with Gasteiger partial charge in [0.05, 0.1) is 22.6 Å². The number of carbonyl (C=O) groups excluding carboxylic acids is 1. The molecule has 1 atom stereocenters. The number of rotatable bonds is 4. The van der Waals surface area contributed by atoms with Crippen molar-refractivity contribution in [2.24, 2.45) is 7.05 Å². The van der Waals surface area contributed by atoms with Gasteiger partial charge in [-0.2, -0.15) is 0 Å². The Bertz CT molecular complexity index is 714. The molecule has 2 aromatic rings. The lowest BCUT2D eigenvalue weighted by Gasteiger charge is -2.24. The second-order valence-electron chi connectivity index (χ2n) is 5.85. The summed E-state index contributed by atoms with van der Waals surface area (Å²) in [5, 5.41) is 3.80. The van der Waals surface area contributed by atoms with E-state index in [4.69, 9.17) is 23.2 Å². The highest BCUT2D eigenvalue weighted by Crippen LogP contribution is 2.31. The van der Waals surface area contributed by atoms with E-state index in [9.17, 15) is 4.79 Å². The van der Waals surface area contributed by atoms with Gasteiger partial charge < -0.3 is 9.88 Å². The van der Waals surface area contributed by atoms with Crippen molar-refractivity contribution in [2.45, 2.75) is 18.9 Å². The van der Waals surface area contributed by atoms with Gasteiger partial charge in [0.25, 0.3) is 0 Å². The third-order valence-electron chi connectivity index (χ3n) is 4.24. The van der Waals surface area contributed by atoms with Crippen molar-refractivity contribution in [3.8, 4) is 0 Å². The Morgan fingerprint density at radius 3 is 2.83 bits per heavy atom. The molecule has 2 heterocycles. The van der Waals surface area contributed by atoms with Gasteiger partial charge >= 0.3 is 0 Å². The average Bonchev–Trinajstić information content (AvgIpc) is 3.11. The number of hydrogen-bond donors (Lipinski definition) is 1. The van der Waals surface area contributed by atoms with E-state index in [-0.39, 0.29) is 5.91 Å². The van der Waals surface area contributed by atoms with Crippen LogP contribution in [0.2, 0.25) is 10.0 Å². The number of likely N-dealkylation sites (tertiary alicyclic amines) is 1. The van der Waals surface area contributed by atoms with Gasteiger partial charge in [-0.25, -0.2) is 0 Å². The zero-order valence-electron chi connectivity index (χ0n) is 12.9. The summed E-state index contributed by atoms with van der Waals surface area (Å²) in [6, 6.07) is 9.57. The van der Waals surface area contributed by atoms with Crippen molar-refractivity contribution < 1.29 is 4.79 Å². The molecule has 0 radical (unpaired) electrons. The molecule has 0 bridgehead atoms. The second kappa shape index (κ2) is 6.95.